The quantitative estimate of drug-likeness (QED) is 0.794. The van der Waals surface area contributed by atoms with Crippen LogP contribution in [0.5, 0.6) is 5.75 Å². The SMILES string of the molecule is CCC(O)(CC)COc1ccc(Cl)cc1CNC(C)(C)C. The Kier molecular flexibility index (Phi) is 6.51. The Hall–Kier alpha value is -0.770. The number of hydrogen-bond donors (Lipinski definition) is 2. The fourth-order valence-electron chi connectivity index (χ4n) is 1.85. The average molecular weight is 314 g/mol. The largest absolute Gasteiger partial charge is 0.490 e. The molecule has 0 saturated carbocycles. The lowest BCUT2D eigenvalue weighted by atomic mass is 9.99. The van der Waals surface area contributed by atoms with Crippen LogP contribution in [0.15, 0.2) is 18.2 Å². The molecule has 1 aromatic rings. The van der Waals surface area contributed by atoms with Gasteiger partial charge >= 0.3 is 0 Å². The van der Waals surface area contributed by atoms with Crippen LogP contribution in [0.25, 0.3) is 0 Å². The minimum Gasteiger partial charge on any atom is -0.490 e. The van der Waals surface area contributed by atoms with Gasteiger partial charge in [0.1, 0.15) is 12.4 Å². The highest BCUT2D eigenvalue weighted by Crippen LogP contribution is 2.25. The van der Waals surface area contributed by atoms with Crippen LogP contribution in [0.2, 0.25) is 5.02 Å². The molecule has 0 radical (unpaired) electrons. The number of nitrogens with one attached hydrogen (secondary N) is 1. The molecule has 1 rings (SSSR count). The van der Waals surface area contributed by atoms with Gasteiger partial charge in [0.05, 0.1) is 5.60 Å². The van der Waals surface area contributed by atoms with Crippen LogP contribution in [0, 0.1) is 0 Å². The molecule has 4 heteroatoms. The second-order valence-corrected chi connectivity index (χ2v) is 7.01. The van der Waals surface area contributed by atoms with Crippen LogP contribution in [0.3, 0.4) is 0 Å². The maximum absolute atomic E-state index is 10.3. The molecule has 0 aliphatic rings. The molecule has 0 bridgehead atoms. The molecule has 21 heavy (non-hydrogen) atoms. The Morgan fingerprint density at radius 2 is 1.81 bits per heavy atom. The second kappa shape index (κ2) is 7.48. The van der Waals surface area contributed by atoms with Gasteiger partial charge in [-0.25, -0.2) is 0 Å². The number of ether oxygens (including phenoxy) is 1. The summed E-state index contributed by atoms with van der Waals surface area (Å²) in [6.45, 7) is 11.3. The highest BCUT2D eigenvalue weighted by molar-refractivity contribution is 6.30. The van der Waals surface area contributed by atoms with E-state index in [0.717, 1.165) is 11.3 Å². The number of aliphatic hydroxyl groups is 1. The van der Waals surface area contributed by atoms with Gasteiger partial charge in [-0.15, -0.1) is 0 Å². The first-order valence-corrected chi connectivity index (χ1v) is 7.95. The number of hydrogen-bond acceptors (Lipinski definition) is 3. The first-order valence-electron chi connectivity index (χ1n) is 7.58. The highest BCUT2D eigenvalue weighted by Gasteiger charge is 2.23. The molecule has 0 fully saturated rings. The van der Waals surface area contributed by atoms with Crippen LogP contribution in [-0.4, -0.2) is 22.9 Å². The Balaban J connectivity index is 2.82. The van der Waals surface area contributed by atoms with E-state index >= 15 is 0 Å². The van der Waals surface area contributed by atoms with Crippen molar-refractivity contribution in [2.45, 2.75) is 65.1 Å². The fraction of sp³-hybridized carbons (Fsp3) is 0.647. The van der Waals surface area contributed by atoms with Gasteiger partial charge in [-0.3, -0.25) is 0 Å². The van der Waals surface area contributed by atoms with Gasteiger partial charge in [-0.1, -0.05) is 25.4 Å². The molecular weight excluding hydrogens is 286 g/mol. The van der Waals surface area contributed by atoms with Crippen LogP contribution >= 0.6 is 11.6 Å². The third kappa shape index (κ3) is 6.25. The zero-order chi connectivity index (χ0) is 16.1. The Bertz CT molecular complexity index is 451. The number of benzene rings is 1. The van der Waals surface area contributed by atoms with Gasteiger partial charge in [0, 0.05) is 22.7 Å². The van der Waals surface area contributed by atoms with Crippen molar-refractivity contribution >= 4 is 11.6 Å². The third-order valence-corrected chi connectivity index (χ3v) is 3.88. The topological polar surface area (TPSA) is 41.5 Å². The van der Waals surface area contributed by atoms with Gasteiger partial charge in [0.2, 0.25) is 0 Å². The minimum absolute atomic E-state index is 0.0210. The summed E-state index contributed by atoms with van der Waals surface area (Å²) in [6.07, 6.45) is 1.35. The van der Waals surface area contributed by atoms with E-state index < -0.39 is 5.60 Å². The Labute approximate surface area is 133 Å². The molecule has 1 aromatic carbocycles. The average Bonchev–Trinajstić information content (AvgIpc) is 2.43. The van der Waals surface area contributed by atoms with E-state index in [1.54, 1.807) is 0 Å². The Morgan fingerprint density at radius 1 is 1.19 bits per heavy atom. The molecule has 0 atom stereocenters. The van der Waals surface area contributed by atoms with E-state index in [4.69, 9.17) is 16.3 Å². The molecule has 0 unspecified atom stereocenters. The smallest absolute Gasteiger partial charge is 0.124 e. The molecule has 0 aliphatic carbocycles. The van der Waals surface area contributed by atoms with Crippen LogP contribution in [0.1, 0.15) is 53.0 Å². The summed E-state index contributed by atoms with van der Waals surface area (Å²) in [4.78, 5) is 0. The first-order chi connectivity index (χ1) is 9.69. The van der Waals surface area contributed by atoms with Crippen LogP contribution in [-0.2, 0) is 6.54 Å². The number of halogens is 1. The van der Waals surface area contributed by atoms with Crippen LogP contribution in [0.4, 0.5) is 0 Å². The molecule has 3 nitrogen and oxygen atoms in total. The van der Waals surface area contributed by atoms with Crippen LogP contribution < -0.4 is 10.1 Å². The highest BCUT2D eigenvalue weighted by atomic mass is 35.5. The van der Waals surface area contributed by atoms with Gasteiger partial charge in [0.25, 0.3) is 0 Å². The van der Waals surface area contributed by atoms with Crippen molar-refractivity contribution < 1.29 is 9.84 Å². The third-order valence-electron chi connectivity index (χ3n) is 3.64. The Morgan fingerprint density at radius 3 is 2.33 bits per heavy atom. The van der Waals surface area contributed by atoms with Gasteiger partial charge in [0.15, 0.2) is 0 Å². The summed E-state index contributed by atoms with van der Waals surface area (Å²) in [5.41, 5.74) is 0.258. The monoisotopic (exact) mass is 313 g/mol. The lowest BCUT2D eigenvalue weighted by Gasteiger charge is -2.26. The first kappa shape index (κ1) is 18.3. The van der Waals surface area contributed by atoms with Crippen molar-refractivity contribution in [3.05, 3.63) is 28.8 Å². The summed E-state index contributed by atoms with van der Waals surface area (Å²) < 4.78 is 5.86. The van der Waals surface area contributed by atoms with Crippen molar-refractivity contribution in [2.24, 2.45) is 0 Å². The van der Waals surface area contributed by atoms with Crippen molar-refractivity contribution in [1.29, 1.82) is 0 Å². The van der Waals surface area contributed by atoms with Crippen molar-refractivity contribution in [1.82, 2.24) is 5.32 Å². The zero-order valence-corrected chi connectivity index (χ0v) is 14.5. The summed E-state index contributed by atoms with van der Waals surface area (Å²) in [7, 11) is 0. The number of rotatable bonds is 7. The van der Waals surface area contributed by atoms with Crippen molar-refractivity contribution in [3.63, 3.8) is 0 Å². The van der Waals surface area contributed by atoms with Gasteiger partial charge < -0.3 is 15.2 Å². The van der Waals surface area contributed by atoms with E-state index in [1.165, 1.54) is 0 Å². The molecule has 120 valence electrons. The summed E-state index contributed by atoms with van der Waals surface area (Å²) in [6, 6.07) is 5.59. The predicted molar refractivity (Wildman–Crippen MR) is 89.1 cm³/mol. The van der Waals surface area contributed by atoms with E-state index in [1.807, 2.05) is 32.0 Å². The lowest BCUT2D eigenvalue weighted by Crippen LogP contribution is -2.36. The lowest BCUT2D eigenvalue weighted by molar-refractivity contribution is -0.0116. The molecule has 0 saturated heterocycles. The molecule has 0 spiro atoms. The maximum atomic E-state index is 10.3. The van der Waals surface area contributed by atoms with Gasteiger partial charge in [-0.05, 0) is 51.8 Å². The van der Waals surface area contributed by atoms with E-state index in [0.29, 0.717) is 31.0 Å². The molecule has 0 aliphatic heterocycles. The van der Waals surface area contributed by atoms with E-state index in [-0.39, 0.29) is 5.54 Å². The molecular formula is C17H28ClNO2. The van der Waals surface area contributed by atoms with Crippen molar-refractivity contribution in [3.8, 4) is 5.75 Å². The summed E-state index contributed by atoms with van der Waals surface area (Å²) >= 11 is 6.08. The van der Waals surface area contributed by atoms with E-state index in [9.17, 15) is 5.11 Å². The second-order valence-electron chi connectivity index (χ2n) is 6.58. The molecule has 0 amide bonds. The molecule has 0 aromatic heterocycles. The summed E-state index contributed by atoms with van der Waals surface area (Å²) in [5.74, 6) is 0.775. The standard InChI is InChI=1S/C17H28ClNO2/c1-6-17(20,7-2)12-21-15-9-8-14(18)10-13(15)11-19-16(3,4)5/h8-10,19-20H,6-7,11-12H2,1-5H3. The zero-order valence-electron chi connectivity index (χ0n) is 13.8. The van der Waals surface area contributed by atoms with Gasteiger partial charge in [-0.2, -0.15) is 0 Å². The van der Waals surface area contributed by atoms with Crippen molar-refractivity contribution in [2.75, 3.05) is 6.61 Å². The van der Waals surface area contributed by atoms with E-state index in [2.05, 4.69) is 26.1 Å². The normalized spacial score (nSPS) is 12.5. The maximum Gasteiger partial charge on any atom is 0.124 e. The fourth-order valence-corrected chi connectivity index (χ4v) is 2.05. The summed E-state index contributed by atoms with van der Waals surface area (Å²) in [5, 5.41) is 14.4. The molecule has 0 heterocycles. The predicted octanol–water partition coefficient (Wildman–Crippen LogP) is 4.16. The molecule has 2 N–H and O–H groups in total. The minimum atomic E-state index is -0.769.